The molecule has 2 rings (SSSR count). The van der Waals surface area contributed by atoms with Crippen LogP contribution in [0, 0.1) is 6.08 Å². The number of hydrogen-bond donors (Lipinski definition) is 1. The van der Waals surface area contributed by atoms with Crippen molar-refractivity contribution < 1.29 is 60.2 Å². The Bertz CT molecular complexity index is 445. The molecule has 2 aliphatic rings. The molecule has 0 saturated carbocycles. The molecule has 1 N–H and O–H groups in total. The maximum absolute atomic E-state index is 11.8. The molecular formula is C12H20Cl2NO2Si2Zr. The molecule has 3 nitrogen and oxygen atoms in total. The van der Waals surface area contributed by atoms with Crippen LogP contribution < -0.4 is 30.1 Å². The van der Waals surface area contributed by atoms with Gasteiger partial charge in [-0.15, -0.1) is 0 Å². The average molecular weight is 429 g/mol. The molecule has 8 heteroatoms. The van der Waals surface area contributed by atoms with Crippen LogP contribution in [0.3, 0.4) is 0 Å². The summed E-state index contributed by atoms with van der Waals surface area (Å²) in [6.07, 6.45) is 4.15. The van der Waals surface area contributed by atoms with Crippen LogP contribution in [-0.4, -0.2) is 28.9 Å². The number of hydrogen-bond acceptors (Lipinski definition) is 2. The van der Waals surface area contributed by atoms with E-state index in [0.717, 1.165) is 12.1 Å². The van der Waals surface area contributed by atoms with Crippen molar-refractivity contribution in [3.63, 3.8) is 0 Å². The van der Waals surface area contributed by atoms with Gasteiger partial charge in [-0.1, -0.05) is 25.2 Å². The van der Waals surface area contributed by atoms with Crippen molar-refractivity contribution in [3.05, 3.63) is 22.2 Å². The van der Waals surface area contributed by atoms with Gasteiger partial charge in [-0.05, 0) is 27.7 Å². The second-order valence-corrected chi connectivity index (χ2v) is 14.9. The summed E-state index contributed by atoms with van der Waals surface area (Å²) in [5, 5.41) is 5.82. The van der Waals surface area contributed by atoms with E-state index in [1.807, 2.05) is 0 Å². The van der Waals surface area contributed by atoms with Gasteiger partial charge in [-0.2, -0.15) is 5.20 Å². The van der Waals surface area contributed by atoms with E-state index in [0.29, 0.717) is 0 Å². The topological polar surface area (TPSA) is 38.3 Å². The van der Waals surface area contributed by atoms with Gasteiger partial charge in [0, 0.05) is 0 Å². The Morgan fingerprint density at radius 2 is 1.90 bits per heavy atom. The summed E-state index contributed by atoms with van der Waals surface area (Å²) >= 11 is 0. The second kappa shape index (κ2) is 7.89. The van der Waals surface area contributed by atoms with Gasteiger partial charge in [-0.3, -0.25) is 10.9 Å². The molecule has 111 valence electrons. The molecule has 20 heavy (non-hydrogen) atoms. The number of carbonyl (C=O) groups is 1. The summed E-state index contributed by atoms with van der Waals surface area (Å²) < 4.78 is 5.59. The van der Waals surface area contributed by atoms with E-state index in [1.54, 1.807) is 0 Å². The van der Waals surface area contributed by atoms with Gasteiger partial charge in [0.1, 0.15) is 6.61 Å². The zero-order valence-electron chi connectivity index (χ0n) is 12.5. The standard InChI is InChI=1S/C12H20NO2Si2.2ClH.Zr/c1-16(2,3)15-8-11(14)13-9-6-7-10-12(9)17(10,4)5;;;/h6,8H2,1-5H3,(H,13,14);2*1H;/q-1;;;+3/p-2. The normalized spacial score (nSPS) is 17.9. The van der Waals surface area contributed by atoms with E-state index < -0.39 is 16.4 Å². The fourth-order valence-electron chi connectivity index (χ4n) is 2.16. The van der Waals surface area contributed by atoms with E-state index in [2.05, 4.69) is 44.1 Å². The first-order valence-electron chi connectivity index (χ1n) is 6.01. The summed E-state index contributed by atoms with van der Waals surface area (Å²) in [6.45, 7) is 11.0. The summed E-state index contributed by atoms with van der Waals surface area (Å²) in [7, 11) is -2.86. The number of carbonyl (C=O) groups excluding carboxylic acids is 1. The average Bonchev–Trinajstić information content (AvgIpc) is 2.58. The molecule has 0 aromatic heterocycles. The first-order valence-corrected chi connectivity index (χ1v) is 12.4. The molecule has 0 spiro atoms. The molecule has 1 amide bonds. The molecular weight excluding hydrogens is 408 g/mol. The largest absolute Gasteiger partial charge is 3.00 e. The van der Waals surface area contributed by atoms with Crippen molar-refractivity contribution in [3.8, 4) is 0 Å². The molecule has 1 radical (unpaired) electrons. The van der Waals surface area contributed by atoms with Crippen molar-refractivity contribution in [2.75, 3.05) is 6.61 Å². The summed E-state index contributed by atoms with van der Waals surface area (Å²) in [5.41, 5.74) is 1.08. The number of allylic oxidation sites excluding steroid dienone is 3. The molecule has 0 bridgehead atoms. The van der Waals surface area contributed by atoms with Gasteiger partial charge in [0.2, 0.25) is 5.91 Å². The third-order valence-electron chi connectivity index (χ3n) is 3.11. The minimum absolute atomic E-state index is 0. The predicted octanol–water partition coefficient (Wildman–Crippen LogP) is -3.85. The van der Waals surface area contributed by atoms with E-state index in [1.165, 1.54) is 10.4 Å². The predicted molar refractivity (Wildman–Crippen MR) is 73.3 cm³/mol. The fourth-order valence-corrected chi connectivity index (χ4v) is 6.09. The van der Waals surface area contributed by atoms with Crippen molar-refractivity contribution in [2.45, 2.75) is 39.2 Å². The van der Waals surface area contributed by atoms with E-state index >= 15 is 0 Å². The van der Waals surface area contributed by atoms with Crippen LogP contribution in [-0.2, 0) is 35.4 Å². The SMILES string of the molecule is C[Si](C)(C)OCC(=O)NC1=C2C(=[C-]C1)[Si]2(C)C.[Cl-].[Cl-].[Zr+3]. The van der Waals surface area contributed by atoms with Crippen LogP contribution >= 0.6 is 0 Å². The summed E-state index contributed by atoms with van der Waals surface area (Å²) in [4.78, 5) is 11.8. The number of halogens is 2. The van der Waals surface area contributed by atoms with Crippen LogP contribution in [0.15, 0.2) is 16.1 Å². The summed E-state index contributed by atoms with van der Waals surface area (Å²) in [5.74, 6) is -0.0188. The van der Waals surface area contributed by atoms with Gasteiger partial charge < -0.3 is 34.6 Å². The Morgan fingerprint density at radius 3 is 2.30 bits per heavy atom. The Kier molecular flexibility index (Phi) is 9.10. The van der Waals surface area contributed by atoms with E-state index in [4.69, 9.17) is 4.43 Å². The third-order valence-corrected chi connectivity index (χ3v) is 7.35. The number of amides is 1. The Morgan fingerprint density at radius 1 is 1.35 bits per heavy atom. The van der Waals surface area contributed by atoms with Crippen molar-refractivity contribution in [2.24, 2.45) is 0 Å². The quantitative estimate of drug-likeness (QED) is 0.368. The Hall–Kier alpha value is 0.807. The van der Waals surface area contributed by atoms with Crippen LogP contribution in [0.1, 0.15) is 6.42 Å². The first kappa shape index (κ1) is 23.1. The van der Waals surface area contributed by atoms with Crippen LogP contribution in [0.2, 0.25) is 32.7 Å². The van der Waals surface area contributed by atoms with Crippen LogP contribution in [0.4, 0.5) is 0 Å². The van der Waals surface area contributed by atoms with Crippen molar-refractivity contribution >= 4 is 22.3 Å². The van der Waals surface area contributed by atoms with Gasteiger partial charge in [0.25, 0.3) is 0 Å². The smallest absolute Gasteiger partial charge is 1.00 e. The number of fused-ring (bicyclic) bond motifs is 1. The first-order chi connectivity index (χ1) is 7.72. The van der Waals surface area contributed by atoms with Gasteiger partial charge >= 0.3 is 26.2 Å². The van der Waals surface area contributed by atoms with Crippen LogP contribution in [0.25, 0.3) is 0 Å². The maximum Gasteiger partial charge on any atom is 3.00 e. The molecule has 1 aliphatic heterocycles. The molecule has 0 aromatic carbocycles. The Balaban J connectivity index is 0. The minimum atomic E-state index is -1.60. The number of nitrogens with one attached hydrogen (secondary N) is 1. The maximum atomic E-state index is 11.8. The van der Waals surface area contributed by atoms with Gasteiger partial charge in [0.15, 0.2) is 8.32 Å². The molecule has 1 aliphatic carbocycles. The zero-order valence-corrected chi connectivity index (χ0v) is 18.5. The van der Waals surface area contributed by atoms with Gasteiger partial charge in [0.05, 0.1) is 0 Å². The third kappa shape index (κ3) is 5.22. The monoisotopic (exact) mass is 426 g/mol. The molecule has 1 fully saturated rings. The van der Waals surface area contributed by atoms with E-state index in [-0.39, 0.29) is 63.5 Å². The van der Waals surface area contributed by atoms with Crippen molar-refractivity contribution in [1.29, 1.82) is 0 Å². The summed E-state index contributed by atoms with van der Waals surface area (Å²) in [6, 6.07) is 0. The van der Waals surface area contributed by atoms with Gasteiger partial charge in [-0.25, -0.2) is 5.20 Å². The number of rotatable bonds is 4. The molecule has 1 heterocycles. The zero-order chi connectivity index (χ0) is 12.8. The fraction of sp³-hybridized carbons (Fsp3) is 0.583. The minimum Gasteiger partial charge on any atom is -1.00 e. The Labute approximate surface area is 155 Å². The molecule has 0 unspecified atom stereocenters. The molecule has 0 atom stereocenters. The van der Waals surface area contributed by atoms with E-state index in [9.17, 15) is 4.79 Å². The van der Waals surface area contributed by atoms with Crippen molar-refractivity contribution in [1.82, 2.24) is 5.32 Å². The van der Waals surface area contributed by atoms with Crippen LogP contribution in [0.5, 0.6) is 0 Å². The molecule has 0 aromatic rings. The molecule has 1 saturated heterocycles. The second-order valence-electron chi connectivity index (χ2n) is 6.16.